The fourth-order valence-corrected chi connectivity index (χ4v) is 2.50. The van der Waals surface area contributed by atoms with Gasteiger partial charge in [0.2, 0.25) is 0 Å². The lowest BCUT2D eigenvalue weighted by Crippen LogP contribution is -2.40. The maximum absolute atomic E-state index is 12.2. The van der Waals surface area contributed by atoms with Gasteiger partial charge < -0.3 is 5.73 Å². The van der Waals surface area contributed by atoms with E-state index >= 15 is 0 Å². The molecule has 0 saturated heterocycles. The summed E-state index contributed by atoms with van der Waals surface area (Å²) in [6, 6.07) is 0. The molecular weight excluding hydrogens is 266 g/mol. The first-order valence-electron chi connectivity index (χ1n) is 8.21. The lowest BCUT2D eigenvalue weighted by Gasteiger charge is -2.10. The number of nitrogen functional groups attached to an aromatic ring is 1. The molecule has 0 fully saturated rings. The standard InChI is InChI=1S/C16H29N3O2/c1-3-5-6-7-8-9-10-12-19-15(20)14(17)13-18(11-4-2)16(19)21/h13H,3-12,17H2,1-2H3. The molecule has 1 aromatic heterocycles. The predicted octanol–water partition coefficient (Wildman–Crippen LogP) is 2.75. The van der Waals surface area contributed by atoms with Gasteiger partial charge in [-0.25, -0.2) is 4.79 Å². The highest BCUT2D eigenvalue weighted by Crippen LogP contribution is 2.07. The molecule has 0 aromatic carbocycles. The molecule has 1 heterocycles. The van der Waals surface area contributed by atoms with Gasteiger partial charge in [0.05, 0.1) is 0 Å². The highest BCUT2D eigenvalue weighted by molar-refractivity contribution is 5.30. The Morgan fingerprint density at radius 1 is 0.905 bits per heavy atom. The van der Waals surface area contributed by atoms with E-state index in [1.54, 1.807) is 0 Å². The number of nitrogens with zero attached hydrogens (tertiary/aromatic N) is 2. The van der Waals surface area contributed by atoms with Crippen LogP contribution in [-0.4, -0.2) is 9.13 Å². The van der Waals surface area contributed by atoms with Gasteiger partial charge in [-0.05, 0) is 12.8 Å². The number of unbranched alkanes of at least 4 members (excludes halogenated alkanes) is 6. The van der Waals surface area contributed by atoms with Crippen molar-refractivity contribution < 1.29 is 0 Å². The third kappa shape index (κ3) is 5.40. The maximum Gasteiger partial charge on any atom is 0.331 e. The minimum atomic E-state index is -0.349. The Kier molecular flexibility index (Phi) is 7.87. The first kappa shape index (κ1) is 17.5. The van der Waals surface area contributed by atoms with Gasteiger partial charge in [0.1, 0.15) is 5.69 Å². The van der Waals surface area contributed by atoms with Crippen molar-refractivity contribution in [2.24, 2.45) is 0 Å². The van der Waals surface area contributed by atoms with Crippen molar-refractivity contribution in [3.63, 3.8) is 0 Å². The number of hydrogen-bond acceptors (Lipinski definition) is 3. The molecule has 120 valence electrons. The first-order valence-corrected chi connectivity index (χ1v) is 8.21. The average molecular weight is 295 g/mol. The second kappa shape index (κ2) is 9.42. The van der Waals surface area contributed by atoms with Gasteiger partial charge in [-0.2, -0.15) is 0 Å². The molecule has 0 aliphatic heterocycles. The fraction of sp³-hybridized carbons (Fsp3) is 0.750. The van der Waals surface area contributed by atoms with Crippen LogP contribution in [0.4, 0.5) is 5.69 Å². The SMILES string of the molecule is CCCCCCCCCn1c(=O)c(N)cn(CCC)c1=O. The quantitative estimate of drug-likeness (QED) is 0.675. The largest absolute Gasteiger partial charge is 0.393 e. The Balaban J connectivity index is 2.58. The molecule has 0 saturated carbocycles. The van der Waals surface area contributed by atoms with Crippen molar-refractivity contribution in [2.45, 2.75) is 78.3 Å². The molecule has 0 amide bonds. The van der Waals surface area contributed by atoms with Crippen LogP contribution >= 0.6 is 0 Å². The topological polar surface area (TPSA) is 70.0 Å². The Bertz CT molecular complexity index is 531. The number of aromatic nitrogens is 2. The Morgan fingerprint density at radius 2 is 1.52 bits per heavy atom. The monoisotopic (exact) mass is 295 g/mol. The van der Waals surface area contributed by atoms with E-state index in [2.05, 4.69) is 6.92 Å². The zero-order valence-electron chi connectivity index (χ0n) is 13.4. The third-order valence-electron chi connectivity index (χ3n) is 3.71. The molecule has 0 unspecified atom stereocenters. The van der Waals surface area contributed by atoms with Crippen molar-refractivity contribution >= 4 is 5.69 Å². The lowest BCUT2D eigenvalue weighted by molar-refractivity contribution is 0.504. The summed E-state index contributed by atoms with van der Waals surface area (Å²) in [5, 5.41) is 0. The van der Waals surface area contributed by atoms with Crippen LogP contribution in [-0.2, 0) is 13.1 Å². The second-order valence-electron chi connectivity index (χ2n) is 5.64. The van der Waals surface area contributed by atoms with E-state index in [1.807, 2.05) is 6.92 Å². The van der Waals surface area contributed by atoms with Crippen LogP contribution in [0.5, 0.6) is 0 Å². The highest BCUT2D eigenvalue weighted by Gasteiger charge is 2.08. The summed E-state index contributed by atoms with van der Waals surface area (Å²) in [6.07, 6.45) is 10.4. The summed E-state index contributed by atoms with van der Waals surface area (Å²) >= 11 is 0. The van der Waals surface area contributed by atoms with Gasteiger partial charge in [-0.3, -0.25) is 13.9 Å². The maximum atomic E-state index is 12.2. The zero-order chi connectivity index (χ0) is 15.7. The van der Waals surface area contributed by atoms with E-state index in [0.29, 0.717) is 13.1 Å². The summed E-state index contributed by atoms with van der Waals surface area (Å²) < 4.78 is 2.83. The van der Waals surface area contributed by atoms with E-state index in [4.69, 9.17) is 5.73 Å². The zero-order valence-corrected chi connectivity index (χ0v) is 13.4. The highest BCUT2D eigenvalue weighted by atomic mass is 16.2. The van der Waals surface area contributed by atoms with Crippen LogP contribution < -0.4 is 17.0 Å². The summed E-state index contributed by atoms with van der Waals surface area (Å²) in [5.41, 5.74) is 5.29. The van der Waals surface area contributed by atoms with Gasteiger partial charge in [0.15, 0.2) is 0 Å². The smallest absolute Gasteiger partial charge is 0.331 e. The van der Waals surface area contributed by atoms with Crippen molar-refractivity contribution in [1.29, 1.82) is 0 Å². The van der Waals surface area contributed by atoms with E-state index in [9.17, 15) is 9.59 Å². The molecule has 2 N–H and O–H groups in total. The molecule has 0 aliphatic rings. The van der Waals surface area contributed by atoms with Crippen LogP contribution in [0, 0.1) is 0 Å². The molecular formula is C16H29N3O2. The van der Waals surface area contributed by atoms with E-state index in [-0.39, 0.29) is 16.9 Å². The van der Waals surface area contributed by atoms with E-state index < -0.39 is 0 Å². The molecule has 5 heteroatoms. The lowest BCUT2D eigenvalue weighted by atomic mass is 10.1. The fourth-order valence-electron chi connectivity index (χ4n) is 2.50. The van der Waals surface area contributed by atoms with Gasteiger partial charge in [0.25, 0.3) is 5.56 Å². The van der Waals surface area contributed by atoms with E-state index in [1.165, 1.54) is 47.4 Å². The molecule has 0 aliphatic carbocycles. The van der Waals surface area contributed by atoms with Crippen molar-refractivity contribution in [3.05, 3.63) is 27.0 Å². The molecule has 0 spiro atoms. The molecule has 0 radical (unpaired) electrons. The van der Waals surface area contributed by atoms with Crippen molar-refractivity contribution in [2.75, 3.05) is 5.73 Å². The van der Waals surface area contributed by atoms with Crippen molar-refractivity contribution in [3.8, 4) is 0 Å². The minimum Gasteiger partial charge on any atom is -0.393 e. The number of hydrogen-bond donors (Lipinski definition) is 1. The number of nitrogens with two attached hydrogens (primary N) is 1. The molecule has 1 aromatic rings. The minimum absolute atomic E-state index is 0.158. The molecule has 0 bridgehead atoms. The Morgan fingerprint density at radius 3 is 2.14 bits per heavy atom. The Labute approximate surface area is 126 Å². The number of aryl methyl sites for hydroxylation is 1. The summed E-state index contributed by atoms with van der Waals surface area (Å²) in [4.78, 5) is 24.2. The summed E-state index contributed by atoms with van der Waals surface area (Å²) in [6.45, 7) is 5.27. The summed E-state index contributed by atoms with van der Waals surface area (Å²) in [5.74, 6) is 0. The van der Waals surface area contributed by atoms with Gasteiger partial charge in [-0.15, -0.1) is 0 Å². The third-order valence-corrected chi connectivity index (χ3v) is 3.71. The summed E-state index contributed by atoms with van der Waals surface area (Å²) in [7, 11) is 0. The molecule has 5 nitrogen and oxygen atoms in total. The van der Waals surface area contributed by atoms with Crippen molar-refractivity contribution in [1.82, 2.24) is 9.13 Å². The normalized spacial score (nSPS) is 11.0. The first-order chi connectivity index (χ1) is 10.1. The van der Waals surface area contributed by atoms with Crippen LogP contribution in [0.3, 0.4) is 0 Å². The predicted molar refractivity (Wildman–Crippen MR) is 87.7 cm³/mol. The van der Waals surface area contributed by atoms with Crippen LogP contribution in [0.2, 0.25) is 0 Å². The van der Waals surface area contributed by atoms with E-state index in [0.717, 1.165) is 19.3 Å². The molecule has 21 heavy (non-hydrogen) atoms. The average Bonchev–Trinajstić information content (AvgIpc) is 2.47. The Hall–Kier alpha value is -1.52. The number of rotatable bonds is 10. The molecule has 0 atom stereocenters. The van der Waals surface area contributed by atoms with Crippen LogP contribution in [0.25, 0.3) is 0 Å². The molecule has 1 rings (SSSR count). The van der Waals surface area contributed by atoms with Gasteiger partial charge in [0, 0.05) is 19.3 Å². The van der Waals surface area contributed by atoms with Gasteiger partial charge in [-0.1, -0.05) is 52.4 Å². The van der Waals surface area contributed by atoms with Gasteiger partial charge >= 0.3 is 5.69 Å². The second-order valence-corrected chi connectivity index (χ2v) is 5.64. The number of anilines is 1. The van der Waals surface area contributed by atoms with Crippen LogP contribution in [0.15, 0.2) is 15.8 Å². The van der Waals surface area contributed by atoms with Crippen LogP contribution in [0.1, 0.15) is 65.2 Å².